The van der Waals surface area contributed by atoms with E-state index in [2.05, 4.69) is 115 Å². The second-order valence-electron chi connectivity index (χ2n) is 35.5. The van der Waals surface area contributed by atoms with Gasteiger partial charge in [0.2, 0.25) is 112 Å². The zero-order chi connectivity index (χ0) is 107. The molecule has 50 heteroatoms. The van der Waals surface area contributed by atoms with Crippen LogP contribution in [0.5, 0.6) is 0 Å². The molecule has 0 saturated heterocycles. The number of nitrogens with two attached hydrogens (primary N) is 6. The molecule has 48 nitrogen and oxygen atoms in total. The summed E-state index contributed by atoms with van der Waals surface area (Å²) in [7, 11) is 0. The van der Waals surface area contributed by atoms with E-state index in [0.717, 1.165) is 0 Å². The highest BCUT2D eigenvalue weighted by Crippen LogP contribution is 2.24. The van der Waals surface area contributed by atoms with Crippen molar-refractivity contribution >= 4 is 177 Å². The Labute approximate surface area is 838 Å². The highest BCUT2D eigenvalue weighted by Gasteiger charge is 2.42. The average Bonchev–Trinajstić information content (AvgIpc) is 1.66. The predicted octanol–water partition coefficient (Wildman–Crippen LogP) is -4.82. The first-order valence-electron chi connectivity index (χ1n) is 46.3. The van der Waals surface area contributed by atoms with Crippen LogP contribution < -0.4 is 114 Å². The van der Waals surface area contributed by atoms with Gasteiger partial charge >= 0.3 is 17.9 Å². The monoisotopic (exact) mass is 2040 g/mol. The lowest BCUT2D eigenvalue weighted by Crippen LogP contribution is -2.62. The number of H-pyrrole nitrogens is 2. The third-order valence-corrected chi connectivity index (χ3v) is 23.5. The van der Waals surface area contributed by atoms with Crippen molar-refractivity contribution in [2.75, 3.05) is 18.1 Å². The smallest absolute Gasteiger partial charge is 0.326 e. The van der Waals surface area contributed by atoms with Crippen LogP contribution >= 0.6 is 25.3 Å². The number of aliphatic carboxylic acids is 3. The van der Waals surface area contributed by atoms with Crippen molar-refractivity contribution in [3.8, 4) is 0 Å². The molecule has 0 bridgehead atoms. The van der Waals surface area contributed by atoms with Gasteiger partial charge in [0.15, 0.2) is 0 Å². The summed E-state index contributed by atoms with van der Waals surface area (Å²) in [5, 5.41) is 67.1. The van der Waals surface area contributed by atoms with Crippen LogP contribution in [0.2, 0.25) is 0 Å². The third kappa shape index (κ3) is 38.7. The maximum atomic E-state index is 15.3. The number of para-hydroxylation sites is 2. The Morgan fingerprint density at radius 1 is 0.312 bits per heavy atom. The minimum atomic E-state index is -2.04. The summed E-state index contributed by atoms with van der Waals surface area (Å²) in [5.74, 6) is -28.7. The maximum Gasteiger partial charge on any atom is 0.326 e. The zero-order valence-electron chi connectivity index (χ0n) is 80.1. The molecular weight excluding hydrogens is 1920 g/mol. The number of unbranched alkanes of at least 4 members (excludes halogenated alkanes) is 1. The Kier molecular flexibility index (Phi) is 47.7. The number of carbonyl (C=O) groups excluding carboxylic acids is 19. The molecule has 0 aliphatic carbocycles. The fourth-order valence-electron chi connectivity index (χ4n) is 15.1. The van der Waals surface area contributed by atoms with E-state index < -0.39 is 314 Å². The summed E-state index contributed by atoms with van der Waals surface area (Å²) >= 11 is 8.53. The molecule has 0 unspecified atom stereocenters. The molecular formula is C94H129N23O25S2. The van der Waals surface area contributed by atoms with Crippen LogP contribution in [0.1, 0.15) is 141 Å². The van der Waals surface area contributed by atoms with Gasteiger partial charge in [-0.15, -0.1) is 0 Å². The Balaban J connectivity index is 1.25. The summed E-state index contributed by atoms with van der Waals surface area (Å²) in [6.07, 6.45) is -4.56. The van der Waals surface area contributed by atoms with Crippen molar-refractivity contribution in [3.63, 3.8) is 0 Å². The van der Waals surface area contributed by atoms with E-state index >= 15 is 14.4 Å². The number of thiol groups is 2. The van der Waals surface area contributed by atoms with Crippen molar-refractivity contribution in [1.29, 1.82) is 0 Å². The SMILES string of the molecule is CC(C)C[C@H](NC(=O)[C@H](CC(N)=O)NC(=O)[C@H](CS)NC(=O)[C@@H](NC(=O)[C@H](Cc1c[nH]c2ccccc12)NC(=O)[C@@H](N)CC(=O)O)C(C)C)C(=O)N[C@@H](Cc1ccccc1)C(=O)N[C@@H](CCCCN)C(=O)N[C@@H](CC(N)=O)C(=O)N[C@@H](CCC(N)=O)C(=O)N[C@@H](Cc1c[nH]c2ccccc12)C(=O)N[C@@H](Cc1ccccc1)C(=O)N[C@@H](CS)C(=O)N[C@@H](CC(=O)O)C(=O)N[C@@H](CCC(N)=O)C(=O)N[C@H](C(=O)O)C(C)C. The Morgan fingerprint density at radius 2 is 0.611 bits per heavy atom. The van der Waals surface area contributed by atoms with Gasteiger partial charge in [-0.05, 0) is 97.2 Å². The first-order chi connectivity index (χ1) is 68.1. The van der Waals surface area contributed by atoms with Crippen molar-refractivity contribution in [2.24, 2.45) is 52.2 Å². The number of carboxylic acids is 3. The van der Waals surface area contributed by atoms with Crippen LogP contribution in [0, 0.1) is 17.8 Å². The van der Waals surface area contributed by atoms with Gasteiger partial charge in [-0.2, -0.15) is 25.3 Å². The molecule has 144 heavy (non-hydrogen) atoms. The predicted molar refractivity (Wildman–Crippen MR) is 528 cm³/mol. The summed E-state index contributed by atoms with van der Waals surface area (Å²) < 4.78 is 0. The standard InChI is InChI=1S/C94H129N23O25S2/c1-46(2)33-61(107-88(135)67(40-74(100)121)112-92(139)70(45-144)115-93(140)77(47(3)4)116-90(137)65(106-79(126)55(96)38-75(122)123)37-52-43-102-57-26-16-14-24-54(52)57)83(130)108-62(34-49-19-9-7-10-20-49)84(131)103-58(27-17-18-32-95)80(127)111-66(39-73(99)120)87(134)104-59(28-30-71(97)118)81(128)110-64(36-51-42-101-56-25-15-13-23-53(51)56)86(133)109-63(35-50-21-11-8-12-22-50)85(132)114-69(44-143)91(138)113-68(41-76(124)125)89(136)105-60(29-31-72(98)119)82(129)117-78(48(5)6)94(141)142/h7-16,19-26,42-43,46-48,55,58-70,77-78,101-102,143-144H,17-18,27-41,44-45,95-96H2,1-6H3,(H2,97,118)(H2,98,119)(H2,99,120)(H2,100,121)(H,103,131)(H,104,134)(H,105,136)(H,106,126)(H,107,135)(H,108,130)(H,109,133)(H,110,128)(H,111,127)(H,112,139)(H,113,138)(H,114,132)(H,115,140)(H,116,137)(H,117,129)(H,122,123)(H,124,125)(H,141,142)/t55-,58-,59-,60-,61-,62-,63-,64-,65-,66-,67-,68-,69-,70-,77-,78-/m0/s1. The minimum Gasteiger partial charge on any atom is -0.481 e. The van der Waals surface area contributed by atoms with Gasteiger partial charge in [0.05, 0.1) is 31.7 Å². The number of aromatic nitrogens is 2. The second kappa shape index (κ2) is 58.4. The molecule has 0 fully saturated rings. The topological polar surface area (TPSA) is 804 Å². The zero-order valence-corrected chi connectivity index (χ0v) is 81.9. The van der Waals surface area contributed by atoms with Crippen LogP contribution in [0.15, 0.2) is 122 Å². The summed E-state index contributed by atoms with van der Waals surface area (Å²) in [5.41, 5.74) is 37.1. The first-order valence-corrected chi connectivity index (χ1v) is 47.6. The Morgan fingerprint density at radius 3 is 0.979 bits per heavy atom. The van der Waals surface area contributed by atoms with Gasteiger partial charge in [0.1, 0.15) is 90.6 Å². The summed E-state index contributed by atoms with van der Waals surface area (Å²) in [6, 6.07) is 2.26. The summed E-state index contributed by atoms with van der Waals surface area (Å²) in [4.78, 5) is 310. The van der Waals surface area contributed by atoms with Gasteiger partial charge in [0, 0.05) is 84.2 Å². The second-order valence-corrected chi connectivity index (χ2v) is 36.3. The van der Waals surface area contributed by atoms with Gasteiger partial charge < -0.3 is 139 Å². The molecule has 2 heterocycles. The molecule has 0 saturated carbocycles. The van der Waals surface area contributed by atoms with E-state index in [-0.39, 0.29) is 51.5 Å². The largest absolute Gasteiger partial charge is 0.481 e. The number of hydrogen-bond acceptors (Lipinski definition) is 26. The van der Waals surface area contributed by atoms with Crippen LogP contribution in [0.4, 0.5) is 0 Å². The van der Waals surface area contributed by atoms with Gasteiger partial charge in [-0.1, -0.05) is 139 Å². The van der Waals surface area contributed by atoms with Crippen LogP contribution in [0.3, 0.4) is 0 Å². The number of hydrogen-bond donors (Lipinski definition) is 28. The van der Waals surface area contributed by atoms with Crippen LogP contribution in [0.25, 0.3) is 21.8 Å². The van der Waals surface area contributed by atoms with Crippen LogP contribution in [-0.2, 0) is 131 Å². The van der Waals surface area contributed by atoms with E-state index in [1.807, 2.05) is 0 Å². The lowest BCUT2D eigenvalue weighted by molar-refractivity contribution is -0.144. The quantitative estimate of drug-likeness (QED) is 0.0126. The van der Waals surface area contributed by atoms with E-state index in [9.17, 15) is 106 Å². The summed E-state index contributed by atoms with van der Waals surface area (Å²) in [6.45, 7) is 9.41. The lowest BCUT2D eigenvalue weighted by Gasteiger charge is -2.29. The average molecular weight is 2050 g/mol. The van der Waals surface area contributed by atoms with E-state index in [1.54, 1.807) is 143 Å². The van der Waals surface area contributed by atoms with Crippen molar-refractivity contribution in [3.05, 3.63) is 144 Å². The van der Waals surface area contributed by atoms with E-state index in [0.29, 0.717) is 44.1 Å². The number of rotatable bonds is 63. The van der Waals surface area contributed by atoms with E-state index in [4.69, 9.17) is 34.4 Å². The van der Waals surface area contributed by atoms with Crippen molar-refractivity contribution in [2.45, 2.75) is 241 Å². The molecule has 0 radical (unpaired) electrons. The molecule has 6 rings (SSSR count). The molecule has 19 amide bonds. The lowest BCUT2D eigenvalue weighted by atomic mass is 9.99. The van der Waals surface area contributed by atoms with Gasteiger partial charge in [-0.25, -0.2) is 4.79 Å². The number of nitrogens with one attached hydrogen (secondary N) is 17. The molecule has 782 valence electrons. The maximum absolute atomic E-state index is 15.3. The molecule has 2 aromatic heterocycles. The normalized spacial score (nSPS) is 14.6. The first kappa shape index (κ1) is 118. The molecule has 4 aromatic carbocycles. The molecule has 0 aliphatic heterocycles. The Bertz CT molecular complexity index is 5550. The number of primary amides is 4. The van der Waals surface area contributed by atoms with Crippen LogP contribution in [-0.4, -0.2) is 270 Å². The molecule has 16 atom stereocenters. The fourth-order valence-corrected chi connectivity index (χ4v) is 15.6. The molecule has 0 spiro atoms. The third-order valence-electron chi connectivity index (χ3n) is 22.8. The Hall–Kier alpha value is -15.1. The number of carbonyl (C=O) groups is 22. The fraction of sp³-hybridized carbons (Fsp3) is 0.468. The van der Waals surface area contributed by atoms with E-state index in [1.165, 1.54) is 20.0 Å². The van der Waals surface area contributed by atoms with Crippen molar-refractivity contribution < 1.29 is 121 Å². The number of benzene rings is 4. The molecule has 0 aliphatic rings. The highest BCUT2D eigenvalue weighted by atomic mass is 32.1. The van der Waals surface area contributed by atoms with Gasteiger partial charge in [0.25, 0.3) is 0 Å². The number of amides is 19. The molecule has 6 aromatic rings. The van der Waals surface area contributed by atoms with Gasteiger partial charge in [-0.3, -0.25) is 101 Å². The number of carboxylic acid groups (broad SMARTS) is 3. The number of fused-ring (bicyclic) bond motifs is 2. The van der Waals surface area contributed by atoms with Crippen molar-refractivity contribution in [1.82, 2.24) is 89.7 Å². The number of aromatic amines is 2. The highest BCUT2D eigenvalue weighted by molar-refractivity contribution is 7.80. The minimum absolute atomic E-state index is 0.0545. The molecule has 32 N–H and O–H groups in total.